The second-order valence-corrected chi connectivity index (χ2v) is 9.23. The van der Waals surface area contributed by atoms with E-state index >= 15 is 0 Å². The van der Waals surface area contributed by atoms with Gasteiger partial charge in [-0.15, -0.1) is 11.3 Å². The maximum atomic E-state index is 12.4. The van der Waals surface area contributed by atoms with Crippen LogP contribution in [0.15, 0.2) is 86.5 Å². The lowest BCUT2D eigenvalue weighted by atomic mass is 10.2. The van der Waals surface area contributed by atoms with Gasteiger partial charge >= 0.3 is 0 Å². The molecule has 0 saturated heterocycles. The van der Waals surface area contributed by atoms with Gasteiger partial charge in [-0.3, -0.25) is 14.5 Å². The topological polar surface area (TPSA) is 114 Å². The molecule has 0 aliphatic heterocycles. The molecule has 2 aromatic heterocycles. The number of rotatable bonds is 7. The van der Waals surface area contributed by atoms with Gasteiger partial charge in [-0.1, -0.05) is 0 Å². The fourth-order valence-corrected chi connectivity index (χ4v) is 4.58. The smallest absolute Gasteiger partial charge is 0.263 e. The average Bonchev–Trinajstić information content (AvgIpc) is 3.45. The number of carbonyl (C=O) groups excluding carboxylic acids is 1. The highest BCUT2D eigenvalue weighted by Crippen LogP contribution is 2.25. The summed E-state index contributed by atoms with van der Waals surface area (Å²) in [5.74, 6) is 1.00. The Morgan fingerprint density at radius 1 is 1.06 bits per heavy atom. The number of furan rings is 1. The molecule has 0 spiro atoms. The molecule has 1 amide bonds. The van der Waals surface area contributed by atoms with Gasteiger partial charge in [-0.2, -0.15) is 0 Å². The van der Waals surface area contributed by atoms with E-state index in [4.69, 9.17) is 4.42 Å². The van der Waals surface area contributed by atoms with Gasteiger partial charge in [0.15, 0.2) is 5.13 Å². The molecule has 0 saturated carbocycles. The van der Waals surface area contributed by atoms with E-state index in [1.807, 2.05) is 0 Å². The van der Waals surface area contributed by atoms with Crippen LogP contribution in [0.5, 0.6) is 0 Å². The lowest BCUT2D eigenvalue weighted by Gasteiger charge is -2.05. The Kier molecular flexibility index (Phi) is 6.15. The molecule has 0 atom stereocenters. The second kappa shape index (κ2) is 9.16. The van der Waals surface area contributed by atoms with E-state index in [2.05, 4.69) is 20.0 Å². The van der Waals surface area contributed by atoms with Crippen molar-refractivity contribution in [2.75, 3.05) is 10.0 Å². The van der Waals surface area contributed by atoms with Crippen molar-refractivity contribution in [3.63, 3.8) is 0 Å². The van der Waals surface area contributed by atoms with Crippen molar-refractivity contribution < 1.29 is 17.6 Å². The van der Waals surface area contributed by atoms with Crippen molar-refractivity contribution in [2.45, 2.75) is 11.8 Å². The first-order valence-electron chi connectivity index (χ1n) is 9.43. The number of hydrogen-bond donors (Lipinski definition) is 2. The van der Waals surface area contributed by atoms with Crippen LogP contribution in [0, 0.1) is 0 Å². The number of hydrogen-bond acceptors (Lipinski definition) is 7. The average molecular weight is 467 g/mol. The minimum Gasteiger partial charge on any atom is -0.455 e. The quantitative estimate of drug-likeness (QED) is 0.376. The van der Waals surface area contributed by atoms with Crippen molar-refractivity contribution in [2.24, 2.45) is 4.99 Å². The van der Waals surface area contributed by atoms with Crippen LogP contribution < -0.4 is 10.0 Å². The third kappa shape index (κ3) is 5.29. The highest BCUT2D eigenvalue weighted by molar-refractivity contribution is 7.93. The summed E-state index contributed by atoms with van der Waals surface area (Å²) in [6, 6.07) is 17.0. The van der Waals surface area contributed by atoms with Crippen LogP contribution >= 0.6 is 11.3 Å². The van der Waals surface area contributed by atoms with Crippen LogP contribution in [0.4, 0.5) is 16.5 Å². The number of thiazole rings is 1. The fraction of sp³-hybridized carbons (Fsp3) is 0.0455. The highest BCUT2D eigenvalue weighted by atomic mass is 32.2. The molecular formula is C22H18N4O4S2. The van der Waals surface area contributed by atoms with Crippen molar-refractivity contribution in [1.29, 1.82) is 0 Å². The highest BCUT2D eigenvalue weighted by Gasteiger charge is 2.16. The predicted octanol–water partition coefficient (Wildman–Crippen LogP) is 4.91. The van der Waals surface area contributed by atoms with Gasteiger partial charge in [0, 0.05) is 29.8 Å². The molecule has 0 radical (unpaired) electrons. The van der Waals surface area contributed by atoms with Crippen LogP contribution in [0.3, 0.4) is 0 Å². The maximum absolute atomic E-state index is 12.4. The largest absolute Gasteiger partial charge is 0.455 e. The first-order valence-corrected chi connectivity index (χ1v) is 11.8. The fourth-order valence-electron chi connectivity index (χ4n) is 2.80. The predicted molar refractivity (Wildman–Crippen MR) is 125 cm³/mol. The zero-order chi connectivity index (χ0) is 22.6. The number of benzene rings is 2. The zero-order valence-electron chi connectivity index (χ0n) is 16.8. The second-order valence-electron chi connectivity index (χ2n) is 6.66. The molecule has 0 aliphatic carbocycles. The lowest BCUT2D eigenvalue weighted by molar-refractivity contribution is -0.114. The van der Waals surface area contributed by atoms with Gasteiger partial charge in [0.25, 0.3) is 10.0 Å². The first kappa shape index (κ1) is 21.5. The van der Waals surface area contributed by atoms with Crippen molar-refractivity contribution in [1.82, 2.24) is 4.98 Å². The zero-order valence-corrected chi connectivity index (χ0v) is 18.5. The minimum absolute atomic E-state index is 0.132. The molecular weight excluding hydrogens is 448 g/mol. The van der Waals surface area contributed by atoms with E-state index < -0.39 is 10.0 Å². The number of aromatic nitrogens is 1. The van der Waals surface area contributed by atoms with Gasteiger partial charge in [0.2, 0.25) is 5.91 Å². The molecule has 4 aromatic rings. The molecule has 4 rings (SSSR count). The monoisotopic (exact) mass is 466 g/mol. The molecule has 0 aliphatic rings. The standard InChI is InChI=1S/C22H18N4O4S2/c1-15(27)25-18-6-4-17(5-7-18)24-14-19-8-11-21(30-19)16-2-9-20(10-3-16)32(28,29)26-22-23-12-13-31-22/h2-14H,1H3,(H,23,26)(H,25,27). The first-order chi connectivity index (χ1) is 15.4. The molecule has 0 unspecified atom stereocenters. The Morgan fingerprint density at radius 2 is 1.81 bits per heavy atom. The number of carbonyl (C=O) groups is 1. The summed E-state index contributed by atoms with van der Waals surface area (Å²) in [7, 11) is -3.70. The molecule has 8 nitrogen and oxygen atoms in total. The van der Waals surface area contributed by atoms with Gasteiger partial charge in [0.05, 0.1) is 16.8 Å². The van der Waals surface area contributed by atoms with E-state index in [1.54, 1.807) is 60.1 Å². The molecule has 162 valence electrons. The lowest BCUT2D eigenvalue weighted by Crippen LogP contribution is -2.12. The van der Waals surface area contributed by atoms with E-state index in [0.29, 0.717) is 28.0 Å². The number of aliphatic imine (C=N–C) groups is 1. The summed E-state index contributed by atoms with van der Waals surface area (Å²) in [5.41, 5.74) is 2.14. The van der Waals surface area contributed by atoms with Crippen LogP contribution in [0.1, 0.15) is 12.7 Å². The van der Waals surface area contributed by atoms with Crippen molar-refractivity contribution in [3.05, 3.63) is 78.0 Å². The summed E-state index contributed by atoms with van der Waals surface area (Å²) in [6.45, 7) is 1.45. The molecule has 2 N–H and O–H groups in total. The Balaban J connectivity index is 1.44. The molecule has 0 fully saturated rings. The number of anilines is 2. The third-order valence-corrected chi connectivity index (χ3v) is 6.43. The normalized spacial score (nSPS) is 11.5. The Labute approximate surface area is 188 Å². The van der Waals surface area contributed by atoms with Crippen LogP contribution in [-0.4, -0.2) is 25.5 Å². The molecule has 2 aromatic carbocycles. The van der Waals surface area contributed by atoms with Gasteiger partial charge in [-0.25, -0.2) is 13.4 Å². The van der Waals surface area contributed by atoms with Crippen LogP contribution in [-0.2, 0) is 14.8 Å². The summed E-state index contributed by atoms with van der Waals surface area (Å²) in [5, 5.41) is 4.71. The summed E-state index contributed by atoms with van der Waals surface area (Å²) < 4.78 is 33.1. The van der Waals surface area contributed by atoms with Crippen LogP contribution in [0.25, 0.3) is 11.3 Å². The maximum Gasteiger partial charge on any atom is 0.263 e. The van der Waals surface area contributed by atoms with Crippen molar-refractivity contribution >= 4 is 50.0 Å². The Hall–Kier alpha value is -3.76. The number of amides is 1. The number of sulfonamides is 1. The summed E-state index contributed by atoms with van der Waals surface area (Å²) >= 11 is 1.21. The molecule has 0 bridgehead atoms. The van der Waals surface area contributed by atoms with E-state index in [1.165, 1.54) is 36.6 Å². The Bertz CT molecular complexity index is 1340. The minimum atomic E-state index is -3.70. The van der Waals surface area contributed by atoms with E-state index in [-0.39, 0.29) is 10.8 Å². The van der Waals surface area contributed by atoms with Gasteiger partial charge in [-0.05, 0) is 60.7 Å². The molecule has 32 heavy (non-hydrogen) atoms. The SMILES string of the molecule is CC(=O)Nc1ccc(N=Cc2ccc(-c3ccc(S(=O)(=O)Nc4nccs4)cc3)o2)cc1. The molecule has 10 heteroatoms. The van der Waals surface area contributed by atoms with E-state index in [9.17, 15) is 13.2 Å². The van der Waals surface area contributed by atoms with E-state index in [0.717, 1.165) is 5.56 Å². The Morgan fingerprint density at radius 3 is 2.47 bits per heavy atom. The van der Waals surface area contributed by atoms with Crippen LogP contribution in [0.2, 0.25) is 0 Å². The van der Waals surface area contributed by atoms with Crippen molar-refractivity contribution in [3.8, 4) is 11.3 Å². The van der Waals surface area contributed by atoms with Gasteiger partial charge < -0.3 is 9.73 Å². The summed E-state index contributed by atoms with van der Waals surface area (Å²) in [6.07, 6.45) is 3.12. The summed E-state index contributed by atoms with van der Waals surface area (Å²) in [4.78, 5) is 19.5. The molecule has 2 heterocycles. The van der Waals surface area contributed by atoms with Gasteiger partial charge in [0.1, 0.15) is 11.5 Å². The number of nitrogens with zero attached hydrogens (tertiary/aromatic N) is 2. The number of nitrogens with one attached hydrogen (secondary N) is 2. The third-order valence-electron chi connectivity index (χ3n) is 4.26.